The number of likely N-dealkylation sites (tertiary alicyclic amines) is 1. The highest BCUT2D eigenvalue weighted by molar-refractivity contribution is 5.81. The summed E-state index contributed by atoms with van der Waals surface area (Å²) in [6.07, 6.45) is 3.64. The predicted octanol–water partition coefficient (Wildman–Crippen LogP) is 2.63. The van der Waals surface area contributed by atoms with Crippen molar-refractivity contribution in [1.82, 2.24) is 9.80 Å². The summed E-state index contributed by atoms with van der Waals surface area (Å²) < 4.78 is 0. The molecule has 4 heteroatoms. The number of nitrogens with two attached hydrogens (primary N) is 1. The molecule has 1 amide bonds. The maximum absolute atomic E-state index is 12.4. The van der Waals surface area contributed by atoms with Gasteiger partial charge in [0.25, 0.3) is 0 Å². The van der Waals surface area contributed by atoms with E-state index in [1.54, 1.807) is 6.92 Å². The van der Waals surface area contributed by atoms with Crippen LogP contribution in [0.15, 0.2) is 30.3 Å². The lowest BCUT2D eigenvalue weighted by molar-refractivity contribution is -0.135. The van der Waals surface area contributed by atoms with Crippen molar-refractivity contribution < 1.29 is 4.79 Å². The summed E-state index contributed by atoms with van der Waals surface area (Å²) >= 11 is 0. The molecule has 23 heavy (non-hydrogen) atoms. The van der Waals surface area contributed by atoms with Crippen LogP contribution in [-0.2, 0) is 11.3 Å². The summed E-state index contributed by atoms with van der Waals surface area (Å²) in [4.78, 5) is 16.9. The van der Waals surface area contributed by atoms with Crippen LogP contribution in [-0.4, -0.2) is 46.9 Å². The van der Waals surface area contributed by atoms with Gasteiger partial charge in [0.15, 0.2) is 0 Å². The summed E-state index contributed by atoms with van der Waals surface area (Å²) in [6.45, 7) is 8.78. The maximum Gasteiger partial charge on any atom is 0.239 e. The normalized spacial score (nSPS) is 20.5. The topological polar surface area (TPSA) is 49.6 Å². The zero-order valence-electron chi connectivity index (χ0n) is 14.7. The van der Waals surface area contributed by atoms with Gasteiger partial charge in [-0.3, -0.25) is 9.69 Å². The van der Waals surface area contributed by atoms with E-state index in [0.717, 1.165) is 26.1 Å². The van der Waals surface area contributed by atoms with Crippen molar-refractivity contribution in [2.24, 2.45) is 5.73 Å². The number of carbonyl (C=O) groups is 1. The van der Waals surface area contributed by atoms with Crippen molar-refractivity contribution in [3.8, 4) is 0 Å². The first-order valence-electron chi connectivity index (χ1n) is 8.83. The standard InChI is InChI=1S/C19H31N3O/c1-15(2)22(19(23)16(3)20)14-18-11-7-8-12-21(18)13-17-9-5-4-6-10-17/h4-6,9-10,15-16,18H,7-8,11-14,20H2,1-3H3/t16-,18-/m0/s1. The zero-order chi connectivity index (χ0) is 16.8. The Kier molecular flexibility index (Phi) is 6.60. The molecule has 0 spiro atoms. The number of piperidine rings is 1. The van der Waals surface area contributed by atoms with E-state index in [4.69, 9.17) is 5.73 Å². The molecule has 2 N–H and O–H groups in total. The van der Waals surface area contributed by atoms with E-state index in [9.17, 15) is 4.79 Å². The lowest BCUT2D eigenvalue weighted by Crippen LogP contribution is -2.53. The predicted molar refractivity (Wildman–Crippen MR) is 95.0 cm³/mol. The molecule has 1 aromatic carbocycles. The number of nitrogens with zero attached hydrogens (tertiary/aromatic N) is 2. The van der Waals surface area contributed by atoms with Crippen LogP contribution in [0.2, 0.25) is 0 Å². The third-order valence-electron chi connectivity index (χ3n) is 4.68. The summed E-state index contributed by atoms with van der Waals surface area (Å²) in [5.41, 5.74) is 7.17. The second-order valence-electron chi connectivity index (χ2n) is 6.98. The van der Waals surface area contributed by atoms with E-state index in [1.807, 2.05) is 4.90 Å². The number of hydrogen-bond donors (Lipinski definition) is 1. The molecule has 4 nitrogen and oxygen atoms in total. The van der Waals surface area contributed by atoms with E-state index in [-0.39, 0.29) is 11.9 Å². The van der Waals surface area contributed by atoms with Crippen LogP contribution in [0.4, 0.5) is 0 Å². The number of hydrogen-bond acceptors (Lipinski definition) is 3. The van der Waals surface area contributed by atoms with Gasteiger partial charge in [0.2, 0.25) is 5.91 Å². The molecule has 0 saturated carbocycles. The smallest absolute Gasteiger partial charge is 0.239 e. The Morgan fingerprint density at radius 2 is 1.96 bits per heavy atom. The molecule has 0 unspecified atom stereocenters. The monoisotopic (exact) mass is 317 g/mol. The first kappa shape index (κ1) is 18.0. The van der Waals surface area contributed by atoms with E-state index in [0.29, 0.717) is 6.04 Å². The Hall–Kier alpha value is -1.39. The fourth-order valence-electron chi connectivity index (χ4n) is 3.34. The van der Waals surface area contributed by atoms with Crippen molar-refractivity contribution >= 4 is 5.91 Å². The zero-order valence-corrected chi connectivity index (χ0v) is 14.7. The van der Waals surface area contributed by atoms with E-state index >= 15 is 0 Å². The molecule has 0 radical (unpaired) electrons. The quantitative estimate of drug-likeness (QED) is 0.877. The molecule has 1 fully saturated rings. The molecule has 0 aliphatic carbocycles. The Labute approximate surface area is 140 Å². The Morgan fingerprint density at radius 3 is 2.57 bits per heavy atom. The van der Waals surface area contributed by atoms with Gasteiger partial charge in [-0.25, -0.2) is 0 Å². The molecule has 1 saturated heterocycles. The molecule has 1 aliphatic heterocycles. The molecule has 128 valence electrons. The largest absolute Gasteiger partial charge is 0.337 e. The van der Waals surface area contributed by atoms with Gasteiger partial charge in [0.1, 0.15) is 0 Å². The van der Waals surface area contributed by atoms with E-state index in [2.05, 4.69) is 49.1 Å². The molecule has 2 atom stereocenters. The van der Waals surface area contributed by atoms with Gasteiger partial charge >= 0.3 is 0 Å². The van der Waals surface area contributed by atoms with Crippen molar-refractivity contribution in [2.75, 3.05) is 13.1 Å². The molecule has 1 aliphatic rings. The van der Waals surface area contributed by atoms with Gasteiger partial charge in [-0.15, -0.1) is 0 Å². The summed E-state index contributed by atoms with van der Waals surface area (Å²) in [7, 11) is 0. The third-order valence-corrected chi connectivity index (χ3v) is 4.68. The molecule has 1 heterocycles. The Bertz CT molecular complexity index is 487. The molecule has 1 aromatic rings. The number of benzene rings is 1. The molecular weight excluding hydrogens is 286 g/mol. The van der Waals surface area contributed by atoms with Crippen molar-refractivity contribution in [1.29, 1.82) is 0 Å². The maximum atomic E-state index is 12.4. The van der Waals surface area contributed by atoms with Crippen molar-refractivity contribution in [3.05, 3.63) is 35.9 Å². The van der Waals surface area contributed by atoms with Crippen LogP contribution in [0.5, 0.6) is 0 Å². The second-order valence-corrected chi connectivity index (χ2v) is 6.98. The third kappa shape index (κ3) is 5.05. The highest BCUT2D eigenvalue weighted by atomic mass is 16.2. The SMILES string of the molecule is CC(C)N(C[C@@H]1CCCCN1Cc1ccccc1)C(=O)[C@H](C)N. The van der Waals surface area contributed by atoms with Crippen LogP contribution in [0.3, 0.4) is 0 Å². The van der Waals surface area contributed by atoms with E-state index in [1.165, 1.54) is 18.4 Å². The number of amides is 1. The van der Waals surface area contributed by atoms with Crippen LogP contribution < -0.4 is 5.73 Å². The van der Waals surface area contributed by atoms with Gasteiger partial charge in [-0.1, -0.05) is 36.8 Å². The molecule has 0 bridgehead atoms. The summed E-state index contributed by atoms with van der Waals surface area (Å²) in [5.74, 6) is 0.0604. The molecule has 2 rings (SSSR count). The minimum absolute atomic E-state index is 0.0604. The second kappa shape index (κ2) is 8.46. The van der Waals surface area contributed by atoms with Crippen LogP contribution in [0.1, 0.15) is 45.6 Å². The van der Waals surface area contributed by atoms with Crippen LogP contribution in [0, 0.1) is 0 Å². The average Bonchev–Trinajstić information content (AvgIpc) is 2.54. The van der Waals surface area contributed by atoms with Crippen LogP contribution >= 0.6 is 0 Å². The van der Waals surface area contributed by atoms with Gasteiger partial charge in [0.05, 0.1) is 6.04 Å². The fraction of sp³-hybridized carbons (Fsp3) is 0.632. The average molecular weight is 317 g/mol. The first-order chi connectivity index (χ1) is 11.0. The highest BCUT2D eigenvalue weighted by Crippen LogP contribution is 2.21. The van der Waals surface area contributed by atoms with Gasteiger partial charge in [-0.2, -0.15) is 0 Å². The van der Waals surface area contributed by atoms with Gasteiger partial charge < -0.3 is 10.6 Å². The highest BCUT2D eigenvalue weighted by Gasteiger charge is 2.28. The van der Waals surface area contributed by atoms with Crippen LogP contribution in [0.25, 0.3) is 0 Å². The van der Waals surface area contributed by atoms with Crippen molar-refractivity contribution in [2.45, 2.75) is 64.7 Å². The lowest BCUT2D eigenvalue weighted by atomic mass is 9.99. The molecular formula is C19H31N3O. The van der Waals surface area contributed by atoms with Crippen molar-refractivity contribution in [3.63, 3.8) is 0 Å². The van der Waals surface area contributed by atoms with Gasteiger partial charge in [0, 0.05) is 25.2 Å². The van der Waals surface area contributed by atoms with Gasteiger partial charge in [-0.05, 0) is 45.7 Å². The first-order valence-corrected chi connectivity index (χ1v) is 8.83. The number of rotatable bonds is 6. The minimum Gasteiger partial charge on any atom is -0.337 e. The summed E-state index contributed by atoms with van der Waals surface area (Å²) in [5, 5.41) is 0. The fourth-order valence-corrected chi connectivity index (χ4v) is 3.34. The number of carbonyl (C=O) groups excluding carboxylic acids is 1. The lowest BCUT2D eigenvalue weighted by Gasteiger charge is -2.40. The Balaban J connectivity index is 2.06. The van der Waals surface area contributed by atoms with E-state index < -0.39 is 6.04 Å². The summed E-state index contributed by atoms with van der Waals surface area (Å²) in [6, 6.07) is 10.8. The Morgan fingerprint density at radius 1 is 1.26 bits per heavy atom. The minimum atomic E-state index is -0.427. The molecule has 0 aromatic heterocycles.